The van der Waals surface area contributed by atoms with Crippen LogP contribution in [0.25, 0.3) is 16.2 Å². The van der Waals surface area contributed by atoms with Gasteiger partial charge >= 0.3 is 0 Å². The Kier molecular flexibility index (Phi) is 4.09. The Hall–Kier alpha value is -3.27. The highest BCUT2D eigenvalue weighted by atomic mass is 32.1. The third-order valence-corrected chi connectivity index (χ3v) is 5.79. The number of aromatic nitrogens is 5. The van der Waals surface area contributed by atoms with Crippen molar-refractivity contribution in [2.45, 2.75) is 19.4 Å². The van der Waals surface area contributed by atoms with E-state index in [1.807, 2.05) is 20.0 Å². The summed E-state index contributed by atoms with van der Waals surface area (Å²) < 4.78 is 16.5. The van der Waals surface area contributed by atoms with Gasteiger partial charge in [0.1, 0.15) is 17.7 Å². The van der Waals surface area contributed by atoms with Gasteiger partial charge in [0.2, 0.25) is 10.1 Å². The fourth-order valence-corrected chi connectivity index (χ4v) is 4.39. The number of imidazole rings is 1. The Morgan fingerprint density at radius 1 is 1.24 bits per heavy atom. The van der Waals surface area contributed by atoms with Crippen LogP contribution in [0.3, 0.4) is 0 Å². The number of halogens is 1. The Morgan fingerprint density at radius 2 is 2.03 bits per heavy atom. The zero-order valence-electron chi connectivity index (χ0n) is 15.8. The molecule has 0 aliphatic carbocycles. The molecule has 5 rings (SSSR count). The minimum absolute atomic E-state index is 0.00726. The van der Waals surface area contributed by atoms with Crippen LogP contribution in [-0.2, 0) is 11.8 Å². The number of carbonyl (C=O) groups is 1. The van der Waals surface area contributed by atoms with E-state index in [1.54, 1.807) is 32.4 Å². The van der Waals surface area contributed by atoms with Crippen molar-refractivity contribution in [3.05, 3.63) is 48.0 Å². The number of hydrogen-bond acceptors (Lipinski definition) is 6. The third kappa shape index (κ3) is 3.15. The van der Waals surface area contributed by atoms with Gasteiger partial charge in [0, 0.05) is 25.2 Å². The van der Waals surface area contributed by atoms with Crippen molar-refractivity contribution in [2.24, 2.45) is 7.05 Å². The SMILES string of the molecule is Cc1cc(N2CCC(Nc3nn4cc(-c5ccc(F)cc5)nc4s3)C2=O)n(C)n1. The van der Waals surface area contributed by atoms with E-state index in [2.05, 4.69) is 20.5 Å². The van der Waals surface area contributed by atoms with Gasteiger partial charge in [-0.05, 0) is 37.6 Å². The topological polar surface area (TPSA) is 80.4 Å². The molecule has 10 heteroatoms. The largest absolute Gasteiger partial charge is 0.348 e. The van der Waals surface area contributed by atoms with Crippen LogP contribution in [0.4, 0.5) is 15.3 Å². The number of fused-ring (bicyclic) bond motifs is 1. The number of rotatable bonds is 4. The lowest BCUT2D eigenvalue weighted by molar-refractivity contribution is -0.117. The monoisotopic (exact) mass is 411 g/mol. The van der Waals surface area contributed by atoms with Gasteiger partial charge in [-0.3, -0.25) is 14.4 Å². The summed E-state index contributed by atoms with van der Waals surface area (Å²) in [5.41, 5.74) is 2.43. The van der Waals surface area contributed by atoms with Crippen molar-refractivity contribution in [1.82, 2.24) is 24.4 Å². The second-order valence-electron chi connectivity index (χ2n) is 7.01. The molecule has 148 valence electrons. The van der Waals surface area contributed by atoms with Gasteiger partial charge in [0.15, 0.2) is 0 Å². The first-order chi connectivity index (χ1) is 14.0. The zero-order chi connectivity index (χ0) is 20.1. The molecule has 1 aliphatic heterocycles. The van der Waals surface area contributed by atoms with Gasteiger partial charge in [-0.1, -0.05) is 11.3 Å². The van der Waals surface area contributed by atoms with E-state index in [0.717, 1.165) is 22.8 Å². The maximum Gasteiger partial charge on any atom is 0.250 e. The van der Waals surface area contributed by atoms with Crippen molar-refractivity contribution in [3.8, 4) is 11.3 Å². The molecule has 4 aromatic rings. The predicted molar refractivity (Wildman–Crippen MR) is 109 cm³/mol. The maximum absolute atomic E-state index is 13.1. The van der Waals surface area contributed by atoms with Crippen molar-refractivity contribution in [3.63, 3.8) is 0 Å². The highest BCUT2D eigenvalue weighted by Gasteiger charge is 2.34. The molecule has 1 amide bonds. The molecular weight excluding hydrogens is 393 g/mol. The number of carbonyl (C=O) groups excluding carboxylic acids is 1. The Labute approximate surface area is 169 Å². The number of benzene rings is 1. The van der Waals surface area contributed by atoms with Crippen LogP contribution in [0.1, 0.15) is 12.1 Å². The molecule has 4 heterocycles. The molecule has 0 bridgehead atoms. The van der Waals surface area contributed by atoms with Crippen molar-refractivity contribution < 1.29 is 9.18 Å². The summed E-state index contributed by atoms with van der Waals surface area (Å²) in [7, 11) is 1.84. The number of aryl methyl sites for hydroxylation is 2. The number of nitrogens with zero attached hydrogens (tertiary/aromatic N) is 6. The van der Waals surface area contributed by atoms with Crippen LogP contribution in [0.2, 0.25) is 0 Å². The first-order valence-corrected chi connectivity index (χ1v) is 10.0. The molecule has 1 unspecified atom stereocenters. The summed E-state index contributed by atoms with van der Waals surface area (Å²) in [6.07, 6.45) is 2.48. The second kappa shape index (κ2) is 6.66. The van der Waals surface area contributed by atoms with Crippen LogP contribution in [0.5, 0.6) is 0 Å². The molecule has 1 aromatic carbocycles. The quantitative estimate of drug-likeness (QED) is 0.559. The van der Waals surface area contributed by atoms with Crippen LogP contribution in [0, 0.1) is 12.7 Å². The molecule has 1 saturated heterocycles. The van der Waals surface area contributed by atoms with Gasteiger partial charge in [-0.15, -0.1) is 5.10 Å². The average molecular weight is 411 g/mol. The van der Waals surface area contributed by atoms with Gasteiger partial charge in [0.05, 0.1) is 17.6 Å². The molecule has 3 aromatic heterocycles. The molecule has 0 spiro atoms. The zero-order valence-corrected chi connectivity index (χ0v) is 16.6. The molecule has 0 radical (unpaired) electrons. The fourth-order valence-electron chi connectivity index (χ4n) is 3.56. The normalized spacial score (nSPS) is 16.9. The third-order valence-electron chi connectivity index (χ3n) is 4.94. The van der Waals surface area contributed by atoms with Crippen LogP contribution in [0.15, 0.2) is 36.5 Å². The van der Waals surface area contributed by atoms with E-state index in [1.165, 1.54) is 23.5 Å². The Morgan fingerprint density at radius 3 is 2.72 bits per heavy atom. The maximum atomic E-state index is 13.1. The number of amides is 1. The van der Waals surface area contributed by atoms with Crippen LogP contribution < -0.4 is 10.2 Å². The first-order valence-electron chi connectivity index (χ1n) is 9.18. The highest BCUT2D eigenvalue weighted by Crippen LogP contribution is 2.28. The van der Waals surface area contributed by atoms with Crippen molar-refractivity contribution in [2.75, 3.05) is 16.8 Å². The molecular formula is C19H18FN7OS. The van der Waals surface area contributed by atoms with E-state index in [9.17, 15) is 9.18 Å². The van der Waals surface area contributed by atoms with Crippen molar-refractivity contribution >= 4 is 33.2 Å². The average Bonchev–Trinajstić information content (AvgIpc) is 3.41. The summed E-state index contributed by atoms with van der Waals surface area (Å²) in [5.74, 6) is 0.526. The summed E-state index contributed by atoms with van der Waals surface area (Å²) in [6.45, 7) is 2.54. The fraction of sp³-hybridized carbons (Fsp3) is 0.263. The van der Waals surface area contributed by atoms with Gasteiger partial charge in [-0.2, -0.15) is 5.10 Å². The summed E-state index contributed by atoms with van der Waals surface area (Å²) in [4.78, 5) is 19.8. The van der Waals surface area contributed by atoms with E-state index in [0.29, 0.717) is 23.1 Å². The lowest BCUT2D eigenvalue weighted by Gasteiger charge is -2.16. The Balaban J connectivity index is 1.33. The number of anilines is 2. The minimum Gasteiger partial charge on any atom is -0.348 e. The van der Waals surface area contributed by atoms with E-state index in [-0.39, 0.29) is 17.8 Å². The molecule has 1 fully saturated rings. The van der Waals surface area contributed by atoms with Crippen LogP contribution >= 0.6 is 11.3 Å². The van der Waals surface area contributed by atoms with Gasteiger partial charge < -0.3 is 5.32 Å². The van der Waals surface area contributed by atoms with Crippen LogP contribution in [-0.4, -0.2) is 42.9 Å². The number of nitrogens with one attached hydrogen (secondary N) is 1. The molecule has 1 atom stereocenters. The molecule has 1 N–H and O–H groups in total. The van der Waals surface area contributed by atoms with Gasteiger partial charge in [-0.25, -0.2) is 13.9 Å². The van der Waals surface area contributed by atoms with E-state index >= 15 is 0 Å². The van der Waals surface area contributed by atoms with Gasteiger partial charge in [0.25, 0.3) is 5.91 Å². The lowest BCUT2D eigenvalue weighted by atomic mass is 10.2. The highest BCUT2D eigenvalue weighted by molar-refractivity contribution is 7.20. The number of hydrogen-bond donors (Lipinski definition) is 1. The Bertz CT molecular complexity index is 1180. The smallest absolute Gasteiger partial charge is 0.250 e. The second-order valence-corrected chi connectivity index (χ2v) is 7.97. The minimum atomic E-state index is -0.336. The van der Waals surface area contributed by atoms with E-state index in [4.69, 9.17) is 0 Å². The first kappa shape index (κ1) is 17.8. The molecule has 29 heavy (non-hydrogen) atoms. The molecule has 8 nitrogen and oxygen atoms in total. The van der Waals surface area contributed by atoms with Crippen molar-refractivity contribution in [1.29, 1.82) is 0 Å². The predicted octanol–water partition coefficient (Wildman–Crippen LogP) is 2.86. The summed E-state index contributed by atoms with van der Waals surface area (Å²) >= 11 is 1.38. The standard InChI is InChI=1S/C19H18FN7OS/c1-11-9-16(25(2)23-11)26-8-7-14(17(26)28)21-18-24-27-10-15(22-19(27)29-18)12-3-5-13(20)6-4-12/h3-6,9-10,14H,7-8H2,1-2H3,(H,21,24). The summed E-state index contributed by atoms with van der Waals surface area (Å²) in [5, 5.41) is 12.7. The summed E-state index contributed by atoms with van der Waals surface area (Å²) in [6, 6.07) is 7.76. The molecule has 1 aliphatic rings. The molecule has 0 saturated carbocycles. The van der Waals surface area contributed by atoms with E-state index < -0.39 is 0 Å². The lowest BCUT2D eigenvalue weighted by Crippen LogP contribution is -2.34.